The van der Waals surface area contributed by atoms with Crippen molar-refractivity contribution in [2.24, 2.45) is 0 Å². The van der Waals surface area contributed by atoms with Crippen LogP contribution in [0.2, 0.25) is 0 Å². The molecule has 0 atom stereocenters. The molecule has 0 aliphatic carbocycles. The van der Waals surface area contributed by atoms with Crippen molar-refractivity contribution in [2.75, 3.05) is 0 Å². The Kier molecular flexibility index (Phi) is 5.42. The first-order valence-electron chi connectivity index (χ1n) is 9.11. The van der Waals surface area contributed by atoms with Gasteiger partial charge in [-0.2, -0.15) is 0 Å². The Balaban J connectivity index is 2.87. The highest BCUT2D eigenvalue weighted by molar-refractivity contribution is 6.04. The van der Waals surface area contributed by atoms with Crippen molar-refractivity contribution in [1.82, 2.24) is 4.57 Å². The topological polar surface area (TPSA) is 42.2 Å². The quantitative estimate of drug-likeness (QED) is 0.739. The van der Waals surface area contributed by atoms with Gasteiger partial charge in [-0.1, -0.05) is 41.0 Å². The van der Waals surface area contributed by atoms with Gasteiger partial charge in [0.15, 0.2) is 0 Å². The van der Waals surface area contributed by atoms with Crippen LogP contribution in [0.1, 0.15) is 81.1 Å². The predicted molar refractivity (Wildman–Crippen MR) is 101 cm³/mol. The molecule has 0 fully saturated rings. The lowest BCUT2D eigenvalue weighted by Crippen LogP contribution is -2.13. The monoisotopic (exact) mass is 329 g/mol. The summed E-state index contributed by atoms with van der Waals surface area (Å²) in [6.07, 6.45) is 4.29. The van der Waals surface area contributed by atoms with Crippen molar-refractivity contribution < 1.29 is 9.90 Å². The van der Waals surface area contributed by atoms with Crippen LogP contribution in [0.15, 0.2) is 12.1 Å². The molecule has 2 rings (SSSR count). The number of benzene rings is 1. The van der Waals surface area contributed by atoms with Crippen LogP contribution in [0.3, 0.4) is 0 Å². The first-order chi connectivity index (χ1) is 11.2. The zero-order chi connectivity index (χ0) is 18.1. The molecule has 3 nitrogen and oxygen atoms in total. The number of fused-ring (bicyclic) bond motifs is 1. The largest absolute Gasteiger partial charge is 0.478 e. The summed E-state index contributed by atoms with van der Waals surface area (Å²) < 4.78 is 2.22. The van der Waals surface area contributed by atoms with Gasteiger partial charge in [0.1, 0.15) is 0 Å². The number of rotatable bonds is 6. The van der Waals surface area contributed by atoms with Crippen molar-refractivity contribution >= 4 is 16.9 Å². The summed E-state index contributed by atoms with van der Waals surface area (Å²) in [6, 6.07) is 4.10. The number of hydrogen-bond donors (Lipinski definition) is 1. The van der Waals surface area contributed by atoms with E-state index in [0.29, 0.717) is 5.56 Å². The highest BCUT2D eigenvalue weighted by Crippen LogP contribution is 2.35. The van der Waals surface area contributed by atoms with Gasteiger partial charge in [0.05, 0.1) is 11.1 Å². The highest BCUT2D eigenvalue weighted by Gasteiger charge is 2.24. The summed E-state index contributed by atoms with van der Waals surface area (Å²) >= 11 is 0. The number of aromatic nitrogens is 1. The van der Waals surface area contributed by atoms with Gasteiger partial charge >= 0.3 is 5.97 Å². The molecule has 1 heterocycles. The molecule has 1 aromatic carbocycles. The lowest BCUT2D eigenvalue weighted by Gasteiger charge is -2.20. The van der Waals surface area contributed by atoms with Crippen molar-refractivity contribution in [3.8, 4) is 0 Å². The second-order valence-corrected chi connectivity index (χ2v) is 7.79. The SMILES string of the molecule is CCCCc1c(C)n(CCC)c2c(C(=O)O)cc(C(C)(C)C)cc12. The summed E-state index contributed by atoms with van der Waals surface area (Å²) in [7, 11) is 0. The molecule has 0 saturated heterocycles. The second kappa shape index (κ2) is 7.00. The zero-order valence-corrected chi connectivity index (χ0v) is 16.0. The highest BCUT2D eigenvalue weighted by atomic mass is 16.4. The van der Waals surface area contributed by atoms with Crippen LogP contribution in [0, 0.1) is 6.92 Å². The molecule has 0 aliphatic heterocycles. The number of carbonyl (C=O) groups is 1. The standard InChI is InChI=1S/C21H31NO2/c1-7-9-10-16-14(3)22(11-8-2)19-17(16)12-15(21(4,5)6)13-18(19)20(23)24/h12-13H,7-11H2,1-6H3,(H,23,24). The van der Waals surface area contributed by atoms with Gasteiger partial charge < -0.3 is 9.67 Å². The third-order valence-electron chi connectivity index (χ3n) is 4.87. The van der Waals surface area contributed by atoms with Crippen molar-refractivity contribution in [3.63, 3.8) is 0 Å². The normalized spacial score (nSPS) is 12.1. The number of aromatic carboxylic acids is 1. The second-order valence-electron chi connectivity index (χ2n) is 7.79. The number of carboxylic acid groups (broad SMARTS) is 1. The van der Waals surface area contributed by atoms with E-state index < -0.39 is 5.97 Å². The molecular weight excluding hydrogens is 298 g/mol. The minimum absolute atomic E-state index is 0.0683. The van der Waals surface area contributed by atoms with Crippen LogP contribution in [0.25, 0.3) is 10.9 Å². The molecule has 0 spiro atoms. The molecule has 0 amide bonds. The third kappa shape index (κ3) is 3.35. The van der Waals surface area contributed by atoms with E-state index in [9.17, 15) is 9.90 Å². The molecule has 24 heavy (non-hydrogen) atoms. The molecule has 3 heteroatoms. The number of unbranched alkanes of at least 4 members (excludes halogenated alkanes) is 1. The van der Waals surface area contributed by atoms with Crippen LogP contribution in [0.4, 0.5) is 0 Å². The predicted octanol–water partition coefficient (Wildman–Crippen LogP) is 5.70. The Bertz CT molecular complexity index is 748. The van der Waals surface area contributed by atoms with E-state index >= 15 is 0 Å². The average Bonchev–Trinajstić information content (AvgIpc) is 2.76. The summed E-state index contributed by atoms with van der Waals surface area (Å²) in [5.41, 5.74) is 4.93. The maximum absolute atomic E-state index is 12.0. The van der Waals surface area contributed by atoms with Gasteiger partial charge in [-0.3, -0.25) is 0 Å². The van der Waals surface area contributed by atoms with E-state index in [1.165, 1.54) is 11.3 Å². The fourth-order valence-corrected chi connectivity index (χ4v) is 3.45. The minimum atomic E-state index is -0.831. The first-order valence-corrected chi connectivity index (χ1v) is 9.11. The van der Waals surface area contributed by atoms with Crippen LogP contribution in [-0.2, 0) is 18.4 Å². The fourth-order valence-electron chi connectivity index (χ4n) is 3.45. The maximum Gasteiger partial charge on any atom is 0.337 e. The Morgan fingerprint density at radius 1 is 1.17 bits per heavy atom. The molecule has 0 unspecified atom stereocenters. The van der Waals surface area contributed by atoms with E-state index in [-0.39, 0.29) is 5.41 Å². The van der Waals surface area contributed by atoms with Crippen LogP contribution < -0.4 is 0 Å². The summed E-state index contributed by atoms with van der Waals surface area (Å²) in [6.45, 7) is 13.8. The lowest BCUT2D eigenvalue weighted by atomic mass is 9.84. The number of nitrogens with zero attached hydrogens (tertiary/aromatic N) is 1. The van der Waals surface area contributed by atoms with Gasteiger partial charge in [-0.15, -0.1) is 0 Å². The smallest absolute Gasteiger partial charge is 0.337 e. The molecule has 2 aromatic rings. The summed E-state index contributed by atoms with van der Waals surface area (Å²) in [4.78, 5) is 12.0. The van der Waals surface area contributed by atoms with Crippen LogP contribution >= 0.6 is 0 Å². The molecule has 0 saturated carbocycles. The molecule has 0 radical (unpaired) electrons. The number of hydrogen-bond acceptors (Lipinski definition) is 1. The number of carboxylic acids is 1. The van der Waals surface area contributed by atoms with E-state index in [2.05, 4.69) is 52.2 Å². The van der Waals surface area contributed by atoms with Crippen molar-refractivity contribution in [3.05, 3.63) is 34.5 Å². The molecule has 0 bridgehead atoms. The molecule has 1 N–H and O–H groups in total. The first kappa shape index (κ1) is 18.6. The van der Waals surface area contributed by atoms with Crippen molar-refractivity contribution in [1.29, 1.82) is 0 Å². The Labute approximate surface area is 145 Å². The van der Waals surface area contributed by atoms with Crippen LogP contribution in [0.5, 0.6) is 0 Å². The maximum atomic E-state index is 12.0. The Morgan fingerprint density at radius 3 is 2.33 bits per heavy atom. The van der Waals surface area contributed by atoms with E-state index in [4.69, 9.17) is 0 Å². The van der Waals surface area contributed by atoms with Crippen LogP contribution in [-0.4, -0.2) is 15.6 Å². The number of aryl methyl sites for hydroxylation is 2. The average molecular weight is 329 g/mol. The van der Waals surface area contributed by atoms with Crippen molar-refractivity contribution in [2.45, 2.75) is 79.2 Å². The fraction of sp³-hybridized carbons (Fsp3) is 0.571. The Morgan fingerprint density at radius 2 is 1.83 bits per heavy atom. The van der Waals surface area contributed by atoms with E-state index in [0.717, 1.165) is 48.7 Å². The summed E-state index contributed by atoms with van der Waals surface area (Å²) in [5.74, 6) is -0.831. The van der Waals surface area contributed by atoms with Gasteiger partial charge in [-0.25, -0.2) is 4.79 Å². The molecular formula is C21H31NO2. The van der Waals surface area contributed by atoms with Gasteiger partial charge in [0.25, 0.3) is 0 Å². The molecule has 1 aromatic heterocycles. The molecule has 0 aliphatic rings. The Hall–Kier alpha value is -1.77. The third-order valence-corrected chi connectivity index (χ3v) is 4.87. The lowest BCUT2D eigenvalue weighted by molar-refractivity contribution is 0.0698. The molecule has 132 valence electrons. The zero-order valence-electron chi connectivity index (χ0n) is 16.0. The van der Waals surface area contributed by atoms with E-state index in [1.54, 1.807) is 0 Å². The minimum Gasteiger partial charge on any atom is -0.478 e. The summed E-state index contributed by atoms with van der Waals surface area (Å²) in [5, 5.41) is 11.0. The van der Waals surface area contributed by atoms with Gasteiger partial charge in [-0.05, 0) is 54.9 Å². The van der Waals surface area contributed by atoms with Gasteiger partial charge in [0, 0.05) is 17.6 Å². The van der Waals surface area contributed by atoms with Gasteiger partial charge in [0.2, 0.25) is 0 Å². The van der Waals surface area contributed by atoms with E-state index in [1.807, 2.05) is 6.07 Å².